The highest BCUT2D eigenvalue weighted by molar-refractivity contribution is 5.93. The van der Waals surface area contributed by atoms with Crippen LogP contribution in [0.25, 0.3) is 16.7 Å². The zero-order valence-electron chi connectivity index (χ0n) is 16.9. The lowest BCUT2D eigenvalue weighted by atomic mass is 10.2. The third kappa shape index (κ3) is 4.06. The van der Waals surface area contributed by atoms with Gasteiger partial charge in [0.15, 0.2) is 5.65 Å². The Morgan fingerprint density at radius 1 is 1.06 bits per heavy atom. The van der Waals surface area contributed by atoms with Crippen LogP contribution in [0.2, 0.25) is 0 Å². The van der Waals surface area contributed by atoms with E-state index in [9.17, 15) is 14.4 Å². The monoisotopic (exact) mass is 417 g/mol. The first-order valence-electron chi connectivity index (χ1n) is 9.44. The number of rotatable bonds is 5. The maximum Gasteiger partial charge on any atom is 0.337 e. The van der Waals surface area contributed by atoms with Crippen molar-refractivity contribution in [1.29, 1.82) is 0 Å². The van der Waals surface area contributed by atoms with Crippen molar-refractivity contribution in [2.75, 3.05) is 12.4 Å². The summed E-state index contributed by atoms with van der Waals surface area (Å²) in [6.45, 7) is 1.77. The van der Waals surface area contributed by atoms with Crippen molar-refractivity contribution >= 4 is 28.6 Å². The largest absolute Gasteiger partial charge is 0.465 e. The van der Waals surface area contributed by atoms with Gasteiger partial charge in [-0.1, -0.05) is 17.7 Å². The number of esters is 1. The summed E-state index contributed by atoms with van der Waals surface area (Å²) in [6.07, 6.45) is 2.78. The summed E-state index contributed by atoms with van der Waals surface area (Å²) < 4.78 is 7.45. The molecule has 4 aromatic rings. The number of nitrogens with one attached hydrogen (secondary N) is 1. The molecule has 0 radical (unpaired) electrons. The van der Waals surface area contributed by atoms with Crippen LogP contribution in [-0.4, -0.2) is 38.3 Å². The number of anilines is 1. The quantitative estimate of drug-likeness (QED) is 0.499. The maximum absolute atomic E-state index is 12.8. The molecule has 156 valence electrons. The van der Waals surface area contributed by atoms with Crippen molar-refractivity contribution in [3.05, 3.63) is 82.5 Å². The normalized spacial score (nSPS) is 10.8. The summed E-state index contributed by atoms with van der Waals surface area (Å²) in [4.78, 5) is 41.0. The predicted molar refractivity (Wildman–Crippen MR) is 114 cm³/mol. The van der Waals surface area contributed by atoms with Crippen molar-refractivity contribution < 1.29 is 14.3 Å². The van der Waals surface area contributed by atoms with E-state index in [4.69, 9.17) is 0 Å². The van der Waals surface area contributed by atoms with E-state index in [2.05, 4.69) is 20.1 Å². The van der Waals surface area contributed by atoms with E-state index in [1.165, 1.54) is 24.2 Å². The molecule has 0 saturated heterocycles. The molecule has 0 bridgehead atoms. The number of amides is 1. The highest BCUT2D eigenvalue weighted by Gasteiger charge is 2.13. The van der Waals surface area contributed by atoms with Gasteiger partial charge in [-0.25, -0.2) is 14.5 Å². The van der Waals surface area contributed by atoms with Crippen LogP contribution in [0.4, 0.5) is 5.69 Å². The Labute approximate surface area is 176 Å². The maximum atomic E-state index is 12.8. The van der Waals surface area contributed by atoms with Gasteiger partial charge in [0.05, 0.1) is 24.6 Å². The fourth-order valence-electron chi connectivity index (χ4n) is 3.10. The molecule has 4 rings (SSSR count). The minimum absolute atomic E-state index is 0.212. The number of aromatic nitrogens is 4. The van der Waals surface area contributed by atoms with Gasteiger partial charge in [-0.05, 0) is 43.3 Å². The second kappa shape index (κ2) is 8.23. The molecule has 1 N–H and O–H groups in total. The van der Waals surface area contributed by atoms with E-state index < -0.39 is 11.9 Å². The van der Waals surface area contributed by atoms with Crippen LogP contribution in [0.1, 0.15) is 15.9 Å². The Kier molecular flexibility index (Phi) is 5.31. The fourth-order valence-corrected chi connectivity index (χ4v) is 3.10. The summed E-state index contributed by atoms with van der Waals surface area (Å²) in [5, 5.41) is 7.28. The van der Waals surface area contributed by atoms with E-state index in [1.807, 2.05) is 31.2 Å². The minimum atomic E-state index is -0.463. The van der Waals surface area contributed by atoms with Gasteiger partial charge in [0.2, 0.25) is 5.91 Å². The molecule has 2 aromatic carbocycles. The molecule has 2 aromatic heterocycles. The van der Waals surface area contributed by atoms with Gasteiger partial charge in [0.1, 0.15) is 18.3 Å². The summed E-state index contributed by atoms with van der Waals surface area (Å²) in [5.41, 5.74) is 2.83. The zero-order valence-corrected chi connectivity index (χ0v) is 16.9. The number of nitrogens with zero attached hydrogens (tertiary/aromatic N) is 4. The van der Waals surface area contributed by atoms with Gasteiger partial charge in [-0.3, -0.25) is 14.2 Å². The molecule has 0 aliphatic carbocycles. The first kappa shape index (κ1) is 20.0. The molecule has 0 unspecified atom stereocenters. The van der Waals surface area contributed by atoms with Crippen molar-refractivity contribution in [2.24, 2.45) is 0 Å². The third-order valence-corrected chi connectivity index (χ3v) is 4.74. The number of carbonyl (C=O) groups excluding carboxylic acids is 2. The van der Waals surface area contributed by atoms with E-state index in [-0.39, 0.29) is 12.1 Å². The Morgan fingerprint density at radius 2 is 1.77 bits per heavy atom. The number of hydrogen-bond acceptors (Lipinski definition) is 6. The first-order chi connectivity index (χ1) is 15.0. The smallest absolute Gasteiger partial charge is 0.337 e. The summed E-state index contributed by atoms with van der Waals surface area (Å²) in [5.74, 6) is -0.866. The molecule has 31 heavy (non-hydrogen) atoms. The van der Waals surface area contributed by atoms with Crippen LogP contribution in [0.5, 0.6) is 0 Å². The molecule has 0 saturated carbocycles. The van der Waals surface area contributed by atoms with Gasteiger partial charge in [-0.15, -0.1) is 0 Å². The van der Waals surface area contributed by atoms with Crippen molar-refractivity contribution in [1.82, 2.24) is 19.3 Å². The second-order valence-corrected chi connectivity index (χ2v) is 6.92. The van der Waals surface area contributed by atoms with Crippen molar-refractivity contribution in [3.8, 4) is 5.69 Å². The second-order valence-electron chi connectivity index (χ2n) is 6.92. The summed E-state index contributed by atoms with van der Waals surface area (Å²) >= 11 is 0. The molecule has 2 heterocycles. The zero-order chi connectivity index (χ0) is 22.0. The molecule has 1 amide bonds. The van der Waals surface area contributed by atoms with Gasteiger partial charge < -0.3 is 10.1 Å². The number of carbonyl (C=O) groups is 2. The van der Waals surface area contributed by atoms with E-state index in [0.29, 0.717) is 22.3 Å². The Bertz CT molecular complexity index is 1320. The highest BCUT2D eigenvalue weighted by atomic mass is 16.5. The number of benzene rings is 2. The fraction of sp³-hybridized carbons (Fsp3) is 0.136. The molecule has 0 atom stereocenters. The lowest BCUT2D eigenvalue weighted by Gasteiger charge is -2.08. The number of fused-ring (bicyclic) bond motifs is 1. The Balaban J connectivity index is 1.53. The SMILES string of the molecule is COC(=O)c1ccc(NC(=O)Cn2cnc3c(cnn3-c3ccc(C)cc3)c2=O)cc1. The molecule has 9 heteroatoms. The van der Waals surface area contributed by atoms with Crippen LogP contribution in [-0.2, 0) is 16.1 Å². The molecule has 0 aliphatic heterocycles. The summed E-state index contributed by atoms with van der Waals surface area (Å²) in [6, 6.07) is 13.9. The van der Waals surface area contributed by atoms with Crippen LogP contribution in [0, 0.1) is 6.92 Å². The van der Waals surface area contributed by atoms with Crippen molar-refractivity contribution in [2.45, 2.75) is 13.5 Å². The third-order valence-electron chi connectivity index (χ3n) is 4.74. The Morgan fingerprint density at radius 3 is 2.45 bits per heavy atom. The Hall–Kier alpha value is -4.27. The minimum Gasteiger partial charge on any atom is -0.465 e. The van der Waals surface area contributed by atoms with Crippen molar-refractivity contribution in [3.63, 3.8) is 0 Å². The summed E-state index contributed by atoms with van der Waals surface area (Å²) in [7, 11) is 1.30. The number of hydrogen-bond donors (Lipinski definition) is 1. The molecule has 0 spiro atoms. The molecule has 0 aliphatic rings. The average Bonchev–Trinajstić information content (AvgIpc) is 3.21. The van der Waals surface area contributed by atoms with Crippen LogP contribution < -0.4 is 10.9 Å². The lowest BCUT2D eigenvalue weighted by Crippen LogP contribution is -2.27. The predicted octanol–water partition coefficient (Wildman–Crippen LogP) is 2.32. The molecule has 0 fully saturated rings. The van der Waals surface area contributed by atoms with Crippen LogP contribution in [0.15, 0.2) is 65.8 Å². The van der Waals surface area contributed by atoms with E-state index in [1.54, 1.807) is 28.9 Å². The molecular formula is C22H19N5O4. The van der Waals surface area contributed by atoms with Gasteiger partial charge in [0.25, 0.3) is 5.56 Å². The number of ether oxygens (including phenoxy) is 1. The van der Waals surface area contributed by atoms with Crippen LogP contribution in [0.3, 0.4) is 0 Å². The lowest BCUT2D eigenvalue weighted by molar-refractivity contribution is -0.116. The van der Waals surface area contributed by atoms with Gasteiger partial charge in [-0.2, -0.15) is 5.10 Å². The van der Waals surface area contributed by atoms with Crippen LogP contribution >= 0.6 is 0 Å². The average molecular weight is 417 g/mol. The van der Waals surface area contributed by atoms with Gasteiger partial charge >= 0.3 is 5.97 Å². The standard InChI is InChI=1S/C22H19N5O4/c1-14-3-9-17(10-4-14)27-20-18(11-24-27)21(29)26(13-23-20)12-19(28)25-16-7-5-15(6-8-16)22(30)31-2/h3-11,13H,12H2,1-2H3,(H,25,28). The van der Waals surface area contributed by atoms with E-state index >= 15 is 0 Å². The topological polar surface area (TPSA) is 108 Å². The number of methoxy groups -OCH3 is 1. The first-order valence-corrected chi connectivity index (χ1v) is 9.44. The highest BCUT2D eigenvalue weighted by Crippen LogP contribution is 2.14. The molecule has 9 nitrogen and oxygen atoms in total. The van der Waals surface area contributed by atoms with E-state index in [0.717, 1.165) is 11.3 Å². The number of aryl methyl sites for hydroxylation is 1. The van der Waals surface area contributed by atoms with Gasteiger partial charge in [0, 0.05) is 5.69 Å². The molecular weight excluding hydrogens is 398 g/mol.